The third-order valence-electron chi connectivity index (χ3n) is 4.56. The monoisotopic (exact) mass is 326 g/mol. The van der Waals surface area contributed by atoms with Crippen molar-refractivity contribution in [1.29, 1.82) is 0 Å². The molecule has 0 unspecified atom stereocenters. The number of hydrogen-bond donors (Lipinski definition) is 3. The smallest absolute Gasteiger partial charge is 0.155 e. The molecule has 4 nitrogen and oxygen atoms in total. The number of nitrogens with two attached hydrogens (primary N) is 1. The second-order valence-corrected chi connectivity index (χ2v) is 6.63. The van der Waals surface area contributed by atoms with Gasteiger partial charge in [0.15, 0.2) is 5.82 Å². The van der Waals surface area contributed by atoms with Crippen molar-refractivity contribution in [2.45, 2.75) is 60.4 Å². The Morgan fingerprint density at radius 1 is 0.958 bits per heavy atom. The number of aromatic nitrogens is 1. The highest BCUT2D eigenvalue weighted by Gasteiger charge is 2.14. The van der Waals surface area contributed by atoms with Crippen molar-refractivity contribution in [3.63, 3.8) is 0 Å². The summed E-state index contributed by atoms with van der Waals surface area (Å²) in [6.45, 7) is 12.7. The molecule has 0 saturated heterocycles. The van der Waals surface area contributed by atoms with E-state index in [9.17, 15) is 0 Å². The van der Waals surface area contributed by atoms with Crippen molar-refractivity contribution < 1.29 is 0 Å². The zero-order chi connectivity index (χ0) is 17.9. The number of nitrogens with one attached hydrogen (secondary N) is 2. The summed E-state index contributed by atoms with van der Waals surface area (Å²) in [5, 5.41) is 7.01. The van der Waals surface area contributed by atoms with Crippen molar-refractivity contribution in [3.8, 4) is 0 Å². The zero-order valence-corrected chi connectivity index (χ0v) is 15.7. The first-order valence-corrected chi connectivity index (χ1v) is 8.73. The van der Waals surface area contributed by atoms with E-state index in [4.69, 9.17) is 5.73 Å². The van der Waals surface area contributed by atoms with Crippen molar-refractivity contribution in [2.24, 2.45) is 0 Å². The summed E-state index contributed by atoms with van der Waals surface area (Å²) in [5.41, 5.74) is 13.9. The predicted molar refractivity (Wildman–Crippen MR) is 105 cm³/mol. The van der Waals surface area contributed by atoms with Crippen molar-refractivity contribution in [2.75, 3.05) is 16.4 Å². The Kier molecular flexibility index (Phi) is 5.71. The maximum Gasteiger partial charge on any atom is 0.155 e. The van der Waals surface area contributed by atoms with E-state index < -0.39 is 0 Å². The zero-order valence-electron chi connectivity index (χ0n) is 15.7. The lowest BCUT2D eigenvalue weighted by Crippen LogP contribution is -2.19. The summed E-state index contributed by atoms with van der Waals surface area (Å²) in [6.07, 6.45) is 4.01. The predicted octanol–water partition coefficient (Wildman–Crippen LogP) is 5.24. The molecular weight excluding hydrogens is 296 g/mol. The molecule has 0 bridgehead atoms. The molecule has 1 aromatic carbocycles. The highest BCUT2D eigenvalue weighted by molar-refractivity contribution is 5.83. The molecule has 4 N–H and O–H groups in total. The van der Waals surface area contributed by atoms with E-state index in [2.05, 4.69) is 62.4 Å². The minimum atomic E-state index is 0.420. The molecular formula is C20H30N4. The highest BCUT2D eigenvalue weighted by Crippen LogP contribution is 2.33. The van der Waals surface area contributed by atoms with E-state index in [1.54, 1.807) is 0 Å². The summed E-state index contributed by atoms with van der Waals surface area (Å²) in [5.74, 6) is 0.712. The Hall–Kier alpha value is -2.23. The van der Waals surface area contributed by atoms with E-state index in [0.717, 1.165) is 29.8 Å². The third kappa shape index (κ3) is 3.81. The molecule has 0 radical (unpaired) electrons. The van der Waals surface area contributed by atoms with Gasteiger partial charge in [-0.25, -0.2) is 4.98 Å². The molecule has 0 aliphatic carbocycles. The van der Waals surface area contributed by atoms with Gasteiger partial charge in [0.1, 0.15) is 0 Å². The van der Waals surface area contributed by atoms with Crippen LogP contribution in [0.1, 0.15) is 48.9 Å². The number of benzene rings is 1. The molecule has 2 aromatic rings. The van der Waals surface area contributed by atoms with Gasteiger partial charge in [0, 0.05) is 17.9 Å². The second kappa shape index (κ2) is 7.56. The largest absolute Gasteiger partial charge is 0.394 e. The van der Waals surface area contributed by atoms with Crippen LogP contribution in [0.4, 0.5) is 22.9 Å². The lowest BCUT2D eigenvalue weighted by atomic mass is 10.0. The van der Waals surface area contributed by atoms with Crippen LogP contribution in [0, 0.1) is 27.7 Å². The Morgan fingerprint density at radius 3 is 2.08 bits per heavy atom. The van der Waals surface area contributed by atoms with Gasteiger partial charge in [0.05, 0.1) is 11.4 Å². The number of rotatable bonds is 6. The summed E-state index contributed by atoms with van der Waals surface area (Å²) >= 11 is 0. The van der Waals surface area contributed by atoms with Gasteiger partial charge in [0.2, 0.25) is 0 Å². The van der Waals surface area contributed by atoms with Gasteiger partial charge in [-0.15, -0.1) is 0 Å². The first-order valence-electron chi connectivity index (χ1n) is 8.73. The standard InChI is InChI=1S/C20H30N4/c1-7-16(8-2)23-19-15(6)11-22-20(17(19)21)24-18-13(4)9-12(3)10-14(18)5/h9-11,16H,7-8,21H2,1-6H3,(H2,22,23,24). The quantitative estimate of drug-likeness (QED) is 0.679. The molecule has 0 saturated carbocycles. The molecule has 0 spiro atoms. The average Bonchev–Trinajstić information content (AvgIpc) is 2.53. The second-order valence-electron chi connectivity index (χ2n) is 6.63. The minimum absolute atomic E-state index is 0.420. The van der Waals surface area contributed by atoms with Crippen LogP contribution in [-0.2, 0) is 0 Å². The molecule has 1 aromatic heterocycles. The average molecular weight is 326 g/mol. The maximum atomic E-state index is 6.43. The normalized spacial score (nSPS) is 11.0. The first kappa shape index (κ1) is 18.1. The number of anilines is 4. The van der Waals surface area contributed by atoms with E-state index in [1.165, 1.54) is 16.7 Å². The molecule has 0 aliphatic rings. The number of aryl methyl sites for hydroxylation is 4. The van der Waals surface area contributed by atoms with Crippen LogP contribution in [0.25, 0.3) is 0 Å². The first-order chi connectivity index (χ1) is 11.4. The molecule has 1 heterocycles. The lowest BCUT2D eigenvalue weighted by Gasteiger charge is -2.22. The van der Waals surface area contributed by atoms with Crippen LogP contribution in [0.3, 0.4) is 0 Å². The van der Waals surface area contributed by atoms with Gasteiger partial charge in [-0.1, -0.05) is 31.5 Å². The van der Waals surface area contributed by atoms with Crippen LogP contribution < -0.4 is 16.4 Å². The van der Waals surface area contributed by atoms with Crippen LogP contribution in [-0.4, -0.2) is 11.0 Å². The van der Waals surface area contributed by atoms with Crippen LogP contribution in [0.2, 0.25) is 0 Å². The van der Waals surface area contributed by atoms with Gasteiger partial charge >= 0.3 is 0 Å². The molecule has 24 heavy (non-hydrogen) atoms. The Labute approximate surface area is 145 Å². The number of hydrogen-bond acceptors (Lipinski definition) is 4. The van der Waals surface area contributed by atoms with E-state index in [0.29, 0.717) is 17.5 Å². The molecule has 130 valence electrons. The fraction of sp³-hybridized carbons (Fsp3) is 0.450. The summed E-state index contributed by atoms with van der Waals surface area (Å²) in [4.78, 5) is 4.52. The van der Waals surface area contributed by atoms with Gasteiger partial charge in [-0.05, 0) is 57.2 Å². The number of nitrogens with zero attached hydrogens (tertiary/aromatic N) is 1. The SMILES string of the molecule is CCC(CC)Nc1c(C)cnc(Nc2c(C)cc(C)cc2C)c1N. The molecule has 2 rings (SSSR count). The van der Waals surface area contributed by atoms with Crippen molar-refractivity contribution >= 4 is 22.9 Å². The van der Waals surface area contributed by atoms with Crippen molar-refractivity contribution in [1.82, 2.24) is 4.98 Å². The lowest BCUT2D eigenvalue weighted by molar-refractivity contribution is 0.671. The third-order valence-corrected chi connectivity index (χ3v) is 4.56. The van der Waals surface area contributed by atoms with Crippen LogP contribution in [0.5, 0.6) is 0 Å². The number of nitrogen functional groups attached to an aromatic ring is 1. The Morgan fingerprint density at radius 2 is 1.54 bits per heavy atom. The van der Waals surface area contributed by atoms with Crippen LogP contribution in [0.15, 0.2) is 18.3 Å². The van der Waals surface area contributed by atoms with Crippen molar-refractivity contribution in [3.05, 3.63) is 40.6 Å². The number of pyridine rings is 1. The Bertz CT molecular complexity index is 695. The summed E-state index contributed by atoms with van der Waals surface area (Å²) < 4.78 is 0. The minimum Gasteiger partial charge on any atom is -0.394 e. The summed E-state index contributed by atoms with van der Waals surface area (Å²) in [6, 6.07) is 4.76. The maximum absolute atomic E-state index is 6.43. The van der Waals surface area contributed by atoms with Gasteiger partial charge in [-0.2, -0.15) is 0 Å². The van der Waals surface area contributed by atoms with Gasteiger partial charge < -0.3 is 16.4 Å². The topological polar surface area (TPSA) is 63.0 Å². The van der Waals surface area contributed by atoms with E-state index >= 15 is 0 Å². The van der Waals surface area contributed by atoms with E-state index in [-0.39, 0.29) is 0 Å². The highest BCUT2D eigenvalue weighted by atomic mass is 15.0. The fourth-order valence-corrected chi connectivity index (χ4v) is 3.11. The van der Waals surface area contributed by atoms with Gasteiger partial charge in [0.25, 0.3) is 0 Å². The summed E-state index contributed by atoms with van der Waals surface area (Å²) in [7, 11) is 0. The Balaban J connectivity index is 2.39. The molecule has 0 atom stereocenters. The van der Waals surface area contributed by atoms with E-state index in [1.807, 2.05) is 13.1 Å². The molecule has 4 heteroatoms. The van der Waals surface area contributed by atoms with Gasteiger partial charge in [-0.3, -0.25) is 0 Å². The molecule has 0 aliphatic heterocycles. The molecule has 0 fully saturated rings. The van der Waals surface area contributed by atoms with Crippen LogP contribution >= 0.6 is 0 Å². The fourth-order valence-electron chi connectivity index (χ4n) is 3.11. The molecule has 0 amide bonds.